The number of carbonyl (C=O) groups excluding carboxylic acids is 1. The first-order chi connectivity index (χ1) is 13.8. The number of rotatable bonds is 5. The number of thioether (sulfide) groups is 1. The minimum absolute atomic E-state index is 0.00251. The number of halogens is 3. The van der Waals surface area contributed by atoms with Gasteiger partial charge >= 0.3 is 6.18 Å². The van der Waals surface area contributed by atoms with Crippen LogP contribution in [0.2, 0.25) is 0 Å². The molecule has 2 aliphatic rings. The zero-order chi connectivity index (χ0) is 20.6. The van der Waals surface area contributed by atoms with Gasteiger partial charge in [0.05, 0.1) is 11.4 Å². The minimum atomic E-state index is -4.58. The standard InChI is InChI=1S/C21H22F3N3OS/c1-12-2-5-14(6-3-12)17-10-18(21(22,23)24)27-20(26-17)29-11-19(28)25-16-9-13-4-7-15(16)8-13/h2-3,5-6,10,13,15-16H,4,7-9,11H2,1H3,(H,25,28). The number of nitrogens with one attached hydrogen (secondary N) is 1. The molecule has 1 N–H and O–H groups in total. The highest BCUT2D eigenvalue weighted by Crippen LogP contribution is 2.44. The zero-order valence-electron chi connectivity index (χ0n) is 16.0. The summed E-state index contributed by atoms with van der Waals surface area (Å²) in [5, 5.41) is 3.00. The molecular weight excluding hydrogens is 399 g/mol. The third kappa shape index (κ3) is 4.74. The second-order valence-electron chi connectivity index (χ2n) is 7.92. The fourth-order valence-corrected chi connectivity index (χ4v) is 4.98. The molecule has 2 aromatic rings. The van der Waals surface area contributed by atoms with Crippen LogP contribution in [0.25, 0.3) is 11.3 Å². The van der Waals surface area contributed by atoms with Crippen molar-refractivity contribution in [2.75, 3.05) is 5.75 Å². The fourth-order valence-electron chi connectivity index (χ4n) is 4.31. The van der Waals surface area contributed by atoms with Crippen molar-refractivity contribution in [1.82, 2.24) is 15.3 Å². The summed E-state index contributed by atoms with van der Waals surface area (Å²) < 4.78 is 39.9. The second-order valence-corrected chi connectivity index (χ2v) is 8.86. The molecule has 3 unspecified atom stereocenters. The van der Waals surface area contributed by atoms with E-state index >= 15 is 0 Å². The molecule has 2 fully saturated rings. The first-order valence-electron chi connectivity index (χ1n) is 9.73. The van der Waals surface area contributed by atoms with Gasteiger partial charge in [-0.1, -0.05) is 48.0 Å². The molecule has 4 rings (SSSR count). The van der Waals surface area contributed by atoms with Gasteiger partial charge in [0.25, 0.3) is 0 Å². The van der Waals surface area contributed by atoms with E-state index in [1.54, 1.807) is 12.1 Å². The van der Waals surface area contributed by atoms with E-state index in [1.165, 1.54) is 12.8 Å². The molecule has 3 atom stereocenters. The van der Waals surface area contributed by atoms with E-state index in [0.29, 0.717) is 17.4 Å². The Bertz CT molecular complexity index is 901. The number of aromatic nitrogens is 2. The van der Waals surface area contributed by atoms with Gasteiger partial charge < -0.3 is 5.32 Å². The summed E-state index contributed by atoms with van der Waals surface area (Å²) in [5.74, 6) is 1.09. The molecule has 1 aromatic carbocycles. The maximum absolute atomic E-state index is 13.3. The highest BCUT2D eigenvalue weighted by Gasteiger charge is 2.40. The van der Waals surface area contributed by atoms with Gasteiger partial charge in [0.1, 0.15) is 5.69 Å². The molecule has 0 aliphatic heterocycles. The van der Waals surface area contributed by atoms with Crippen LogP contribution in [0.15, 0.2) is 35.5 Å². The number of nitrogens with zero attached hydrogens (tertiary/aromatic N) is 2. The lowest BCUT2D eigenvalue weighted by Crippen LogP contribution is -2.39. The number of carbonyl (C=O) groups is 1. The molecule has 2 saturated carbocycles. The maximum atomic E-state index is 13.3. The average molecular weight is 421 g/mol. The predicted molar refractivity (Wildman–Crippen MR) is 105 cm³/mol. The van der Waals surface area contributed by atoms with Crippen LogP contribution >= 0.6 is 11.8 Å². The summed E-state index contributed by atoms with van der Waals surface area (Å²) in [6.45, 7) is 1.90. The van der Waals surface area contributed by atoms with Crippen molar-refractivity contribution in [3.05, 3.63) is 41.6 Å². The van der Waals surface area contributed by atoms with Gasteiger partial charge in [-0.15, -0.1) is 0 Å². The van der Waals surface area contributed by atoms with E-state index in [0.717, 1.165) is 36.2 Å². The number of aryl methyl sites for hydroxylation is 1. The van der Waals surface area contributed by atoms with Crippen molar-refractivity contribution in [3.63, 3.8) is 0 Å². The number of amides is 1. The van der Waals surface area contributed by atoms with Crippen molar-refractivity contribution >= 4 is 17.7 Å². The largest absolute Gasteiger partial charge is 0.433 e. The Kier molecular flexibility index (Phi) is 5.55. The van der Waals surface area contributed by atoms with Crippen molar-refractivity contribution in [2.24, 2.45) is 11.8 Å². The maximum Gasteiger partial charge on any atom is 0.433 e. The van der Waals surface area contributed by atoms with E-state index in [2.05, 4.69) is 15.3 Å². The van der Waals surface area contributed by atoms with Crippen LogP contribution in [0.3, 0.4) is 0 Å². The van der Waals surface area contributed by atoms with Crippen molar-refractivity contribution in [1.29, 1.82) is 0 Å². The first kappa shape index (κ1) is 20.2. The molecule has 154 valence electrons. The Morgan fingerprint density at radius 1 is 1.17 bits per heavy atom. The monoisotopic (exact) mass is 421 g/mol. The molecule has 2 bridgehead atoms. The average Bonchev–Trinajstić information content (AvgIpc) is 3.29. The smallest absolute Gasteiger partial charge is 0.352 e. The van der Waals surface area contributed by atoms with Gasteiger partial charge in [0.15, 0.2) is 5.16 Å². The molecule has 29 heavy (non-hydrogen) atoms. The zero-order valence-corrected chi connectivity index (χ0v) is 16.8. The summed E-state index contributed by atoms with van der Waals surface area (Å²) in [6.07, 6.45) is 0.00152. The van der Waals surface area contributed by atoms with Gasteiger partial charge in [0, 0.05) is 11.6 Å². The number of benzene rings is 1. The number of alkyl halides is 3. The normalized spacial score (nSPS) is 23.4. The van der Waals surface area contributed by atoms with E-state index in [-0.39, 0.29) is 28.6 Å². The van der Waals surface area contributed by atoms with Crippen molar-refractivity contribution in [2.45, 2.75) is 50.0 Å². The molecular formula is C21H22F3N3OS. The fraction of sp³-hybridized carbons (Fsp3) is 0.476. The molecule has 0 saturated heterocycles. The van der Waals surface area contributed by atoms with Crippen molar-refractivity contribution < 1.29 is 18.0 Å². The first-order valence-corrected chi connectivity index (χ1v) is 10.7. The van der Waals surface area contributed by atoms with Gasteiger partial charge in [0.2, 0.25) is 5.91 Å². The molecule has 2 aliphatic carbocycles. The van der Waals surface area contributed by atoms with E-state index in [4.69, 9.17) is 0 Å². The Hall–Kier alpha value is -2.09. The van der Waals surface area contributed by atoms with Crippen LogP contribution in [-0.2, 0) is 11.0 Å². The van der Waals surface area contributed by atoms with Crippen LogP contribution in [-0.4, -0.2) is 27.7 Å². The Morgan fingerprint density at radius 3 is 2.55 bits per heavy atom. The molecule has 0 spiro atoms. The topological polar surface area (TPSA) is 54.9 Å². The second kappa shape index (κ2) is 7.97. The predicted octanol–water partition coefficient (Wildman–Crippen LogP) is 4.87. The lowest BCUT2D eigenvalue weighted by Gasteiger charge is -2.22. The van der Waals surface area contributed by atoms with Crippen LogP contribution in [0.4, 0.5) is 13.2 Å². The SMILES string of the molecule is Cc1ccc(-c2cc(C(F)(F)F)nc(SCC(=O)NC3CC4CCC3C4)n2)cc1. The number of hydrogen-bond acceptors (Lipinski definition) is 4. The Balaban J connectivity index is 1.47. The quantitative estimate of drug-likeness (QED) is 0.553. The van der Waals surface area contributed by atoms with E-state index < -0.39 is 11.9 Å². The molecule has 4 nitrogen and oxygen atoms in total. The van der Waals surface area contributed by atoms with Gasteiger partial charge in [-0.25, -0.2) is 9.97 Å². The van der Waals surface area contributed by atoms with Gasteiger partial charge in [-0.2, -0.15) is 13.2 Å². The summed E-state index contributed by atoms with van der Waals surface area (Å²) in [7, 11) is 0. The van der Waals surface area contributed by atoms with Gasteiger partial charge in [-0.3, -0.25) is 4.79 Å². The summed E-state index contributed by atoms with van der Waals surface area (Å²) in [5.41, 5.74) is 0.782. The Labute approximate surface area is 171 Å². The van der Waals surface area contributed by atoms with E-state index in [1.807, 2.05) is 19.1 Å². The van der Waals surface area contributed by atoms with Crippen molar-refractivity contribution in [3.8, 4) is 11.3 Å². The minimum Gasteiger partial charge on any atom is -0.352 e. The molecule has 0 radical (unpaired) electrons. The summed E-state index contributed by atoms with van der Waals surface area (Å²) in [6, 6.07) is 8.25. The third-order valence-electron chi connectivity index (χ3n) is 5.76. The molecule has 1 aromatic heterocycles. The molecule has 8 heteroatoms. The summed E-state index contributed by atoms with van der Waals surface area (Å²) >= 11 is 0.940. The third-order valence-corrected chi connectivity index (χ3v) is 6.61. The van der Waals surface area contributed by atoms with Crippen LogP contribution in [0.1, 0.15) is 36.9 Å². The van der Waals surface area contributed by atoms with E-state index in [9.17, 15) is 18.0 Å². The lowest BCUT2D eigenvalue weighted by atomic mass is 9.95. The molecule has 1 amide bonds. The number of hydrogen-bond donors (Lipinski definition) is 1. The highest BCUT2D eigenvalue weighted by atomic mass is 32.2. The highest BCUT2D eigenvalue weighted by molar-refractivity contribution is 7.99. The summed E-state index contributed by atoms with van der Waals surface area (Å²) in [4.78, 5) is 20.2. The number of fused-ring (bicyclic) bond motifs is 2. The van der Waals surface area contributed by atoms with Gasteiger partial charge in [-0.05, 0) is 44.1 Å². The Morgan fingerprint density at radius 2 is 1.93 bits per heavy atom. The molecule has 1 heterocycles. The van der Waals surface area contributed by atoms with Crippen LogP contribution < -0.4 is 5.32 Å². The lowest BCUT2D eigenvalue weighted by molar-refractivity contribution is -0.141. The van der Waals surface area contributed by atoms with Crippen LogP contribution in [0.5, 0.6) is 0 Å². The van der Waals surface area contributed by atoms with Crippen LogP contribution in [0, 0.1) is 18.8 Å².